The van der Waals surface area contributed by atoms with Gasteiger partial charge in [0, 0.05) is 30.9 Å². The Balaban J connectivity index is 2.24. The Bertz CT molecular complexity index is 573. The fourth-order valence-electron chi connectivity index (χ4n) is 2.79. The zero-order chi connectivity index (χ0) is 14.9. The van der Waals surface area contributed by atoms with Crippen molar-refractivity contribution in [3.8, 4) is 0 Å². The van der Waals surface area contributed by atoms with Crippen molar-refractivity contribution < 1.29 is 9.90 Å². The molecule has 20 heavy (non-hydrogen) atoms. The third kappa shape index (κ3) is 2.93. The molecule has 0 aliphatic heterocycles. The highest BCUT2D eigenvalue weighted by Crippen LogP contribution is 2.26. The maximum absolute atomic E-state index is 12.1. The van der Waals surface area contributed by atoms with Gasteiger partial charge in [0.2, 0.25) is 0 Å². The summed E-state index contributed by atoms with van der Waals surface area (Å²) in [6, 6.07) is 2.07. The second-order valence-electron chi connectivity index (χ2n) is 5.44. The molecule has 0 radical (unpaired) electrons. The smallest absolute Gasteiger partial charge is 0.337 e. The molecule has 1 fully saturated rings. The van der Waals surface area contributed by atoms with Crippen molar-refractivity contribution >= 4 is 5.97 Å². The Labute approximate surface area is 118 Å². The molecule has 0 atom stereocenters. The Morgan fingerprint density at radius 2 is 2.10 bits per heavy atom. The third-order valence-electron chi connectivity index (χ3n) is 4.06. The molecule has 0 spiro atoms. The summed E-state index contributed by atoms with van der Waals surface area (Å²) in [7, 11) is 0. The Morgan fingerprint density at radius 1 is 1.45 bits per heavy atom. The maximum atomic E-state index is 12.1. The molecular weight excluding hydrogens is 256 g/mol. The lowest BCUT2D eigenvalue weighted by atomic mass is 10.1. The molecule has 0 saturated heterocycles. The molecule has 0 bridgehead atoms. The SMILES string of the molecule is CCN(CCn1c(C)c(C(=O)O)c(C)cc1=O)C1CC1. The number of carboxylic acid groups (broad SMARTS) is 1. The normalized spacial score (nSPS) is 14.8. The van der Waals surface area contributed by atoms with Gasteiger partial charge in [-0.2, -0.15) is 0 Å². The second kappa shape index (κ2) is 5.79. The van der Waals surface area contributed by atoms with E-state index in [4.69, 9.17) is 0 Å². The zero-order valence-corrected chi connectivity index (χ0v) is 12.3. The van der Waals surface area contributed by atoms with Crippen LogP contribution < -0.4 is 5.56 Å². The van der Waals surface area contributed by atoms with Crippen molar-refractivity contribution in [2.45, 2.75) is 46.2 Å². The van der Waals surface area contributed by atoms with Crippen LogP contribution in [0, 0.1) is 13.8 Å². The summed E-state index contributed by atoms with van der Waals surface area (Å²) in [5, 5.41) is 9.26. The summed E-state index contributed by atoms with van der Waals surface area (Å²) in [6.45, 7) is 7.82. The van der Waals surface area contributed by atoms with E-state index in [0.717, 1.165) is 13.1 Å². The molecule has 0 amide bonds. The van der Waals surface area contributed by atoms with E-state index in [-0.39, 0.29) is 11.1 Å². The monoisotopic (exact) mass is 278 g/mol. The molecule has 1 aromatic heterocycles. The van der Waals surface area contributed by atoms with Crippen LogP contribution >= 0.6 is 0 Å². The Morgan fingerprint density at radius 3 is 2.60 bits per heavy atom. The first-order valence-electron chi connectivity index (χ1n) is 7.14. The minimum atomic E-state index is -0.969. The third-order valence-corrected chi connectivity index (χ3v) is 4.06. The number of likely N-dealkylation sites (N-methyl/N-ethyl adjacent to an activating group) is 1. The van der Waals surface area contributed by atoms with E-state index < -0.39 is 5.97 Å². The van der Waals surface area contributed by atoms with Crippen LogP contribution in [0.25, 0.3) is 0 Å². The summed E-state index contributed by atoms with van der Waals surface area (Å²) in [4.78, 5) is 25.7. The van der Waals surface area contributed by atoms with Crippen LogP contribution in [0.1, 0.15) is 41.4 Å². The maximum Gasteiger partial charge on any atom is 0.337 e. The molecule has 2 rings (SSSR count). The van der Waals surface area contributed by atoms with E-state index in [1.54, 1.807) is 18.4 Å². The van der Waals surface area contributed by atoms with Gasteiger partial charge in [0.1, 0.15) is 0 Å². The van der Waals surface area contributed by atoms with Crippen molar-refractivity contribution in [2.75, 3.05) is 13.1 Å². The quantitative estimate of drug-likeness (QED) is 0.859. The number of hydrogen-bond acceptors (Lipinski definition) is 3. The zero-order valence-electron chi connectivity index (χ0n) is 12.3. The first-order chi connectivity index (χ1) is 9.45. The highest BCUT2D eigenvalue weighted by Gasteiger charge is 2.27. The standard InChI is InChI=1S/C15H22N2O3/c1-4-16(12-5-6-12)7-8-17-11(3)14(15(19)20)10(2)9-13(17)18/h9,12H,4-8H2,1-3H3,(H,19,20). The number of hydrogen-bond donors (Lipinski definition) is 1. The van der Waals surface area contributed by atoms with Gasteiger partial charge in [0.15, 0.2) is 0 Å². The molecule has 5 nitrogen and oxygen atoms in total. The van der Waals surface area contributed by atoms with Gasteiger partial charge >= 0.3 is 5.97 Å². The van der Waals surface area contributed by atoms with Crippen LogP contribution in [0.3, 0.4) is 0 Å². The largest absolute Gasteiger partial charge is 0.478 e. The average molecular weight is 278 g/mol. The summed E-state index contributed by atoms with van der Waals surface area (Å²) < 4.78 is 1.58. The molecule has 5 heteroatoms. The molecule has 1 aromatic rings. The highest BCUT2D eigenvalue weighted by atomic mass is 16.4. The summed E-state index contributed by atoms with van der Waals surface area (Å²) in [6.07, 6.45) is 2.46. The number of aromatic nitrogens is 1. The van der Waals surface area contributed by atoms with Gasteiger partial charge in [-0.1, -0.05) is 6.92 Å². The molecule has 1 aliphatic carbocycles. The van der Waals surface area contributed by atoms with E-state index in [9.17, 15) is 14.7 Å². The minimum absolute atomic E-state index is 0.114. The molecule has 1 heterocycles. The summed E-state index contributed by atoms with van der Waals surface area (Å²) in [5.41, 5.74) is 1.22. The lowest BCUT2D eigenvalue weighted by Gasteiger charge is -2.21. The van der Waals surface area contributed by atoms with Crippen LogP contribution in [0.4, 0.5) is 0 Å². The number of nitrogens with zero attached hydrogens (tertiary/aromatic N) is 2. The van der Waals surface area contributed by atoms with E-state index in [1.807, 2.05) is 0 Å². The van der Waals surface area contributed by atoms with Gasteiger partial charge in [0.25, 0.3) is 5.56 Å². The van der Waals surface area contributed by atoms with E-state index in [2.05, 4.69) is 11.8 Å². The van der Waals surface area contributed by atoms with Crippen molar-refractivity contribution in [1.82, 2.24) is 9.47 Å². The fourth-order valence-corrected chi connectivity index (χ4v) is 2.79. The number of pyridine rings is 1. The number of aromatic carboxylic acids is 1. The van der Waals surface area contributed by atoms with Gasteiger partial charge < -0.3 is 9.67 Å². The van der Waals surface area contributed by atoms with Crippen LogP contribution in [-0.2, 0) is 6.54 Å². The van der Waals surface area contributed by atoms with Crippen molar-refractivity contribution in [3.05, 3.63) is 33.2 Å². The average Bonchev–Trinajstić information content (AvgIpc) is 3.16. The first kappa shape index (κ1) is 14.8. The second-order valence-corrected chi connectivity index (χ2v) is 5.44. The first-order valence-corrected chi connectivity index (χ1v) is 7.14. The van der Waals surface area contributed by atoms with Crippen LogP contribution in [-0.4, -0.2) is 39.7 Å². The topological polar surface area (TPSA) is 62.5 Å². The molecule has 1 N–H and O–H groups in total. The lowest BCUT2D eigenvalue weighted by Crippen LogP contribution is -2.34. The van der Waals surface area contributed by atoms with Gasteiger partial charge in [0.05, 0.1) is 5.56 Å². The van der Waals surface area contributed by atoms with E-state index in [1.165, 1.54) is 18.9 Å². The Hall–Kier alpha value is -1.62. The number of aryl methyl sites for hydroxylation is 1. The van der Waals surface area contributed by atoms with Gasteiger partial charge in [-0.25, -0.2) is 4.79 Å². The highest BCUT2D eigenvalue weighted by molar-refractivity contribution is 5.90. The summed E-state index contributed by atoms with van der Waals surface area (Å²) >= 11 is 0. The predicted molar refractivity (Wildman–Crippen MR) is 77.4 cm³/mol. The van der Waals surface area contributed by atoms with E-state index in [0.29, 0.717) is 23.8 Å². The number of carbonyl (C=O) groups is 1. The molecule has 0 aromatic carbocycles. The molecular formula is C15H22N2O3. The van der Waals surface area contributed by atoms with E-state index >= 15 is 0 Å². The van der Waals surface area contributed by atoms with Crippen molar-refractivity contribution in [1.29, 1.82) is 0 Å². The van der Waals surface area contributed by atoms with Gasteiger partial charge in [-0.05, 0) is 38.8 Å². The molecule has 0 unspecified atom stereocenters. The lowest BCUT2D eigenvalue weighted by molar-refractivity contribution is 0.0694. The minimum Gasteiger partial charge on any atom is -0.478 e. The molecule has 1 saturated carbocycles. The predicted octanol–water partition coefficient (Wildman–Crippen LogP) is 1.65. The van der Waals surface area contributed by atoms with Crippen LogP contribution in [0.5, 0.6) is 0 Å². The molecule has 1 aliphatic rings. The fraction of sp³-hybridized carbons (Fsp3) is 0.600. The molecule has 110 valence electrons. The van der Waals surface area contributed by atoms with Gasteiger partial charge in [-0.15, -0.1) is 0 Å². The number of carboxylic acids is 1. The van der Waals surface area contributed by atoms with Crippen LogP contribution in [0.2, 0.25) is 0 Å². The Kier molecular flexibility index (Phi) is 4.28. The van der Waals surface area contributed by atoms with Crippen molar-refractivity contribution in [3.63, 3.8) is 0 Å². The number of rotatable bonds is 6. The summed E-state index contributed by atoms with van der Waals surface area (Å²) in [5.74, 6) is -0.969. The van der Waals surface area contributed by atoms with Crippen molar-refractivity contribution in [2.24, 2.45) is 0 Å². The van der Waals surface area contributed by atoms with Gasteiger partial charge in [-0.3, -0.25) is 9.69 Å². The van der Waals surface area contributed by atoms with Crippen LogP contribution in [0.15, 0.2) is 10.9 Å².